The van der Waals surface area contributed by atoms with Crippen LogP contribution in [0.5, 0.6) is 5.75 Å². The van der Waals surface area contributed by atoms with Crippen LogP contribution in [0.2, 0.25) is 0 Å². The number of ether oxygens (including phenoxy) is 1. The summed E-state index contributed by atoms with van der Waals surface area (Å²) in [5, 5.41) is 4.50. The van der Waals surface area contributed by atoms with Crippen LogP contribution in [0.4, 0.5) is 10.1 Å². The molecule has 0 spiro atoms. The number of amides is 1. The molecule has 3 aromatic rings. The van der Waals surface area contributed by atoms with Crippen LogP contribution < -0.4 is 9.64 Å². The highest BCUT2D eigenvalue weighted by Crippen LogP contribution is 2.39. The lowest BCUT2D eigenvalue weighted by molar-refractivity contribution is -0.127. The Labute approximate surface area is 177 Å². The maximum absolute atomic E-state index is 13.3. The maximum Gasteiger partial charge on any atom is 0.233 e. The standard InChI is InChI=1S/C22H22FN3O2.C2H6/c1-22(2)12-19-20(13-24-26(19)17-8-6-16(23)7-9-17)25(21(22)27)14-15-4-10-18(28-3)11-5-15;1-2/h4-11,13H,12,14H2,1-3H3;1-2H3. The number of halogens is 1. The van der Waals surface area contributed by atoms with E-state index in [1.165, 1.54) is 12.1 Å². The first-order chi connectivity index (χ1) is 14.4. The molecule has 158 valence electrons. The second-order valence-corrected chi connectivity index (χ2v) is 7.66. The third-order valence-electron chi connectivity index (χ3n) is 5.14. The van der Waals surface area contributed by atoms with Crippen molar-refractivity contribution in [2.45, 2.75) is 40.7 Å². The van der Waals surface area contributed by atoms with Crippen LogP contribution in [0.1, 0.15) is 39.0 Å². The van der Waals surface area contributed by atoms with E-state index in [1.54, 1.807) is 35.0 Å². The molecule has 1 aromatic heterocycles. The molecule has 5 nitrogen and oxygen atoms in total. The number of methoxy groups -OCH3 is 1. The van der Waals surface area contributed by atoms with Crippen LogP contribution in [-0.4, -0.2) is 22.8 Å². The third-order valence-corrected chi connectivity index (χ3v) is 5.14. The van der Waals surface area contributed by atoms with E-state index in [2.05, 4.69) is 5.10 Å². The molecule has 6 heteroatoms. The summed E-state index contributed by atoms with van der Waals surface area (Å²) in [5.74, 6) is 0.551. The summed E-state index contributed by atoms with van der Waals surface area (Å²) in [5.41, 5.74) is 2.97. The minimum absolute atomic E-state index is 0.0643. The molecule has 30 heavy (non-hydrogen) atoms. The number of fused-ring (bicyclic) bond motifs is 1. The highest BCUT2D eigenvalue weighted by Gasteiger charge is 2.41. The monoisotopic (exact) mass is 409 g/mol. The fourth-order valence-electron chi connectivity index (χ4n) is 3.60. The second kappa shape index (κ2) is 8.69. The van der Waals surface area contributed by atoms with Gasteiger partial charge in [0.2, 0.25) is 5.91 Å². The Kier molecular flexibility index (Phi) is 6.25. The molecule has 0 saturated heterocycles. The predicted molar refractivity (Wildman–Crippen MR) is 117 cm³/mol. The van der Waals surface area contributed by atoms with Crippen LogP contribution in [0.3, 0.4) is 0 Å². The zero-order chi connectivity index (χ0) is 21.9. The van der Waals surface area contributed by atoms with Gasteiger partial charge in [-0.05, 0) is 42.0 Å². The first-order valence-electron chi connectivity index (χ1n) is 10.2. The van der Waals surface area contributed by atoms with E-state index in [-0.39, 0.29) is 11.7 Å². The number of anilines is 1. The zero-order valence-electron chi connectivity index (χ0n) is 18.1. The predicted octanol–water partition coefficient (Wildman–Crippen LogP) is 5.16. The molecule has 1 amide bonds. The molecule has 0 aliphatic carbocycles. The molecule has 0 fully saturated rings. The number of hydrogen-bond donors (Lipinski definition) is 0. The van der Waals surface area contributed by atoms with E-state index < -0.39 is 5.41 Å². The van der Waals surface area contributed by atoms with Gasteiger partial charge in [0.25, 0.3) is 0 Å². The molecule has 0 atom stereocenters. The van der Waals surface area contributed by atoms with Crippen LogP contribution >= 0.6 is 0 Å². The van der Waals surface area contributed by atoms with Gasteiger partial charge in [0.1, 0.15) is 11.6 Å². The lowest BCUT2D eigenvalue weighted by Crippen LogP contribution is -2.46. The van der Waals surface area contributed by atoms with Crippen molar-refractivity contribution in [2.24, 2.45) is 5.41 Å². The second-order valence-electron chi connectivity index (χ2n) is 7.66. The van der Waals surface area contributed by atoms with Gasteiger partial charge in [-0.1, -0.05) is 39.8 Å². The zero-order valence-corrected chi connectivity index (χ0v) is 18.1. The fraction of sp³-hybridized carbons (Fsp3) is 0.333. The minimum atomic E-state index is -0.558. The highest BCUT2D eigenvalue weighted by atomic mass is 19.1. The molecule has 0 radical (unpaired) electrons. The summed E-state index contributed by atoms with van der Waals surface area (Å²) in [4.78, 5) is 14.9. The van der Waals surface area contributed by atoms with Crippen LogP contribution in [0, 0.1) is 11.2 Å². The van der Waals surface area contributed by atoms with E-state index in [0.717, 1.165) is 28.4 Å². The summed E-state index contributed by atoms with van der Waals surface area (Å²) >= 11 is 0. The Bertz CT molecular complexity index is 1010. The van der Waals surface area contributed by atoms with Crippen LogP contribution in [-0.2, 0) is 17.8 Å². The van der Waals surface area contributed by atoms with E-state index >= 15 is 0 Å². The summed E-state index contributed by atoms with van der Waals surface area (Å²) in [6, 6.07) is 13.9. The van der Waals surface area contributed by atoms with Crippen LogP contribution in [0.25, 0.3) is 5.69 Å². The number of rotatable bonds is 4. The van der Waals surface area contributed by atoms with E-state index in [9.17, 15) is 9.18 Å². The highest BCUT2D eigenvalue weighted by molar-refractivity contribution is 5.99. The van der Waals surface area contributed by atoms with Gasteiger partial charge in [0.05, 0.1) is 36.9 Å². The molecular weight excluding hydrogens is 381 g/mol. The minimum Gasteiger partial charge on any atom is -0.497 e. The number of carbonyl (C=O) groups excluding carboxylic acids is 1. The van der Waals surface area contributed by atoms with Gasteiger partial charge < -0.3 is 9.64 Å². The van der Waals surface area contributed by atoms with Crippen molar-refractivity contribution in [3.63, 3.8) is 0 Å². The number of hydrogen-bond acceptors (Lipinski definition) is 3. The summed E-state index contributed by atoms with van der Waals surface area (Å²) in [7, 11) is 1.63. The van der Waals surface area contributed by atoms with E-state index in [4.69, 9.17) is 4.74 Å². The normalized spacial score (nSPS) is 14.6. The smallest absolute Gasteiger partial charge is 0.233 e. The molecule has 1 aliphatic heterocycles. The van der Waals surface area contributed by atoms with Gasteiger partial charge in [-0.25, -0.2) is 9.07 Å². The van der Waals surface area contributed by atoms with Crippen molar-refractivity contribution < 1.29 is 13.9 Å². The quantitative estimate of drug-likeness (QED) is 0.598. The summed E-state index contributed by atoms with van der Waals surface area (Å²) < 4.78 is 20.3. The fourth-order valence-corrected chi connectivity index (χ4v) is 3.60. The SMILES string of the molecule is CC.COc1ccc(CN2C(=O)C(C)(C)Cc3c2cnn3-c2ccc(F)cc2)cc1. The van der Waals surface area contributed by atoms with Crippen molar-refractivity contribution in [1.82, 2.24) is 9.78 Å². The van der Waals surface area contributed by atoms with Crippen molar-refractivity contribution in [2.75, 3.05) is 12.0 Å². The number of aromatic nitrogens is 2. The average Bonchev–Trinajstić information content (AvgIpc) is 3.16. The molecule has 0 N–H and O–H groups in total. The Hall–Kier alpha value is -3.15. The Morgan fingerprint density at radius 3 is 2.30 bits per heavy atom. The lowest BCUT2D eigenvalue weighted by Gasteiger charge is -2.37. The number of benzene rings is 2. The van der Waals surface area contributed by atoms with Gasteiger partial charge in [-0.15, -0.1) is 0 Å². The van der Waals surface area contributed by atoms with Gasteiger partial charge >= 0.3 is 0 Å². The van der Waals surface area contributed by atoms with E-state index in [1.807, 2.05) is 52.0 Å². The molecule has 0 unspecified atom stereocenters. The Balaban J connectivity index is 0.00000124. The maximum atomic E-state index is 13.3. The first-order valence-corrected chi connectivity index (χ1v) is 10.2. The van der Waals surface area contributed by atoms with Crippen LogP contribution in [0.15, 0.2) is 54.7 Å². The number of carbonyl (C=O) groups is 1. The Morgan fingerprint density at radius 2 is 1.70 bits per heavy atom. The van der Waals surface area contributed by atoms with Crippen molar-refractivity contribution in [3.8, 4) is 11.4 Å². The van der Waals surface area contributed by atoms with Gasteiger partial charge in [0.15, 0.2) is 0 Å². The van der Waals surface area contributed by atoms with Crippen molar-refractivity contribution in [3.05, 3.63) is 71.8 Å². The van der Waals surface area contributed by atoms with Crippen molar-refractivity contribution >= 4 is 11.6 Å². The molecular formula is C24H28FN3O2. The lowest BCUT2D eigenvalue weighted by atomic mass is 9.82. The topological polar surface area (TPSA) is 47.4 Å². The largest absolute Gasteiger partial charge is 0.497 e. The van der Waals surface area contributed by atoms with Gasteiger partial charge in [-0.2, -0.15) is 5.10 Å². The molecule has 2 heterocycles. The third kappa shape index (κ3) is 4.08. The first kappa shape index (κ1) is 21.6. The molecule has 2 aromatic carbocycles. The van der Waals surface area contributed by atoms with Gasteiger partial charge in [-0.3, -0.25) is 4.79 Å². The molecule has 4 rings (SSSR count). The molecule has 0 bridgehead atoms. The molecule has 0 saturated carbocycles. The van der Waals surface area contributed by atoms with Crippen molar-refractivity contribution in [1.29, 1.82) is 0 Å². The Morgan fingerprint density at radius 1 is 1.07 bits per heavy atom. The summed E-state index contributed by atoms with van der Waals surface area (Å²) in [6.07, 6.45) is 2.28. The summed E-state index contributed by atoms with van der Waals surface area (Å²) in [6.45, 7) is 8.34. The average molecular weight is 410 g/mol. The number of nitrogens with zero attached hydrogens (tertiary/aromatic N) is 3. The van der Waals surface area contributed by atoms with Gasteiger partial charge in [0, 0.05) is 11.8 Å². The molecule has 1 aliphatic rings. The van der Waals surface area contributed by atoms with E-state index in [0.29, 0.717) is 13.0 Å².